The molecular weight excluding hydrogens is 460 g/mol. The Morgan fingerprint density at radius 3 is 2.26 bits per heavy atom. The van der Waals surface area contributed by atoms with Gasteiger partial charge in [0, 0.05) is 55.5 Å². The minimum absolute atomic E-state index is 0.0188. The van der Waals surface area contributed by atoms with Crippen molar-refractivity contribution >= 4 is 23.4 Å². The van der Waals surface area contributed by atoms with E-state index in [-0.39, 0.29) is 17.9 Å². The molecule has 4 rings (SSSR count). The molecule has 184 valence electrons. The lowest BCUT2D eigenvalue weighted by atomic mass is 10.0. The number of carbonyl (C=O) groups excluding carboxylic acids is 2. The highest BCUT2D eigenvalue weighted by molar-refractivity contribution is 6.30. The number of nitrogens with zero attached hydrogens (tertiary/aromatic N) is 3. The third-order valence-electron chi connectivity index (χ3n) is 6.28. The number of amides is 2. The lowest BCUT2D eigenvalue weighted by Crippen LogP contribution is -2.51. The van der Waals surface area contributed by atoms with E-state index in [1.54, 1.807) is 0 Å². The van der Waals surface area contributed by atoms with Gasteiger partial charge in [0.05, 0.1) is 6.54 Å². The van der Waals surface area contributed by atoms with Gasteiger partial charge >= 0.3 is 0 Å². The van der Waals surface area contributed by atoms with Gasteiger partial charge in [-0.2, -0.15) is 0 Å². The number of nitrogens with one attached hydrogen (secondary N) is 1. The summed E-state index contributed by atoms with van der Waals surface area (Å²) in [6.45, 7) is 9.46. The van der Waals surface area contributed by atoms with E-state index in [0.29, 0.717) is 50.0 Å². The molecule has 35 heavy (non-hydrogen) atoms. The van der Waals surface area contributed by atoms with Gasteiger partial charge in [0.15, 0.2) is 0 Å². The van der Waals surface area contributed by atoms with Crippen LogP contribution in [0.4, 0.5) is 0 Å². The number of benzene rings is 2. The molecule has 0 radical (unpaired) electrons. The molecule has 0 saturated carbocycles. The Balaban J connectivity index is 1.59. The van der Waals surface area contributed by atoms with E-state index in [0.717, 1.165) is 22.3 Å². The number of carbonyl (C=O) groups is 2. The van der Waals surface area contributed by atoms with Crippen LogP contribution in [-0.2, 0) is 11.3 Å². The van der Waals surface area contributed by atoms with Gasteiger partial charge in [0.2, 0.25) is 5.91 Å². The molecule has 1 aliphatic rings. The maximum atomic E-state index is 13.9. The molecule has 0 spiro atoms. The fourth-order valence-corrected chi connectivity index (χ4v) is 4.76. The second-order valence-electron chi connectivity index (χ2n) is 9.45. The summed E-state index contributed by atoms with van der Waals surface area (Å²) in [7, 11) is 0. The Labute approximate surface area is 212 Å². The SMILES string of the molecule is Cc1cn(Cc2ccccc2)c(C(=O)N2CCN(CC(=O)NC(C)C)CC2)c1-c1ccc(Cl)cc1. The van der Waals surface area contributed by atoms with Crippen molar-refractivity contribution < 1.29 is 9.59 Å². The number of hydrogen-bond acceptors (Lipinski definition) is 3. The molecule has 1 aliphatic heterocycles. The molecule has 7 heteroatoms. The van der Waals surface area contributed by atoms with Crippen LogP contribution in [0.3, 0.4) is 0 Å². The van der Waals surface area contributed by atoms with Crippen LogP contribution in [0.5, 0.6) is 0 Å². The molecule has 1 fully saturated rings. The average molecular weight is 493 g/mol. The van der Waals surface area contributed by atoms with E-state index in [4.69, 9.17) is 11.6 Å². The van der Waals surface area contributed by atoms with Crippen LogP contribution >= 0.6 is 11.6 Å². The van der Waals surface area contributed by atoms with Crippen LogP contribution in [0.15, 0.2) is 60.8 Å². The van der Waals surface area contributed by atoms with E-state index in [1.165, 1.54) is 0 Å². The van der Waals surface area contributed by atoms with E-state index in [1.807, 2.05) is 68.1 Å². The van der Waals surface area contributed by atoms with Crippen LogP contribution in [-0.4, -0.2) is 64.9 Å². The van der Waals surface area contributed by atoms with Gasteiger partial charge in [-0.15, -0.1) is 0 Å². The Kier molecular flexibility index (Phi) is 7.93. The summed E-state index contributed by atoms with van der Waals surface area (Å²) in [4.78, 5) is 30.1. The minimum Gasteiger partial charge on any atom is -0.353 e. The van der Waals surface area contributed by atoms with Crippen LogP contribution in [0.1, 0.15) is 35.5 Å². The van der Waals surface area contributed by atoms with Crippen molar-refractivity contribution in [2.75, 3.05) is 32.7 Å². The lowest BCUT2D eigenvalue weighted by Gasteiger charge is -2.34. The number of piperazine rings is 1. The van der Waals surface area contributed by atoms with Crippen LogP contribution in [0.25, 0.3) is 11.1 Å². The average Bonchev–Trinajstić information content (AvgIpc) is 3.15. The van der Waals surface area contributed by atoms with Gasteiger partial charge in [-0.05, 0) is 49.6 Å². The Bertz CT molecular complexity index is 1160. The summed E-state index contributed by atoms with van der Waals surface area (Å²) in [6.07, 6.45) is 2.07. The Hall–Kier alpha value is -3.09. The zero-order chi connectivity index (χ0) is 24.9. The zero-order valence-electron chi connectivity index (χ0n) is 20.6. The third-order valence-corrected chi connectivity index (χ3v) is 6.53. The van der Waals surface area contributed by atoms with Gasteiger partial charge in [0.1, 0.15) is 5.69 Å². The van der Waals surface area contributed by atoms with Crippen LogP contribution < -0.4 is 5.32 Å². The second kappa shape index (κ2) is 11.1. The van der Waals surface area contributed by atoms with Crippen molar-refractivity contribution in [3.63, 3.8) is 0 Å². The molecule has 3 aromatic rings. The highest BCUT2D eigenvalue weighted by Gasteiger charge is 2.29. The molecule has 1 aromatic heterocycles. The first-order valence-electron chi connectivity index (χ1n) is 12.1. The quantitative estimate of drug-likeness (QED) is 0.530. The van der Waals surface area contributed by atoms with Crippen molar-refractivity contribution in [2.24, 2.45) is 0 Å². The van der Waals surface area contributed by atoms with Crippen molar-refractivity contribution in [3.05, 3.63) is 82.6 Å². The minimum atomic E-state index is 0.0188. The molecule has 2 heterocycles. The normalized spacial score (nSPS) is 14.4. The third kappa shape index (κ3) is 6.13. The maximum absolute atomic E-state index is 13.9. The highest BCUT2D eigenvalue weighted by Crippen LogP contribution is 2.32. The van der Waals surface area contributed by atoms with E-state index in [9.17, 15) is 9.59 Å². The molecular formula is C28H33ClN4O2. The second-order valence-corrected chi connectivity index (χ2v) is 9.88. The summed E-state index contributed by atoms with van der Waals surface area (Å²) >= 11 is 6.14. The molecule has 0 aliphatic carbocycles. The predicted molar refractivity (Wildman–Crippen MR) is 141 cm³/mol. The highest BCUT2D eigenvalue weighted by atomic mass is 35.5. The van der Waals surface area contributed by atoms with E-state index < -0.39 is 0 Å². The summed E-state index contributed by atoms with van der Waals surface area (Å²) in [6, 6.07) is 18.0. The lowest BCUT2D eigenvalue weighted by molar-refractivity contribution is -0.123. The van der Waals surface area contributed by atoms with Crippen molar-refractivity contribution in [3.8, 4) is 11.1 Å². The summed E-state index contributed by atoms with van der Waals surface area (Å²) < 4.78 is 2.07. The number of aryl methyl sites for hydroxylation is 1. The van der Waals surface area contributed by atoms with Crippen molar-refractivity contribution in [1.29, 1.82) is 0 Å². The Morgan fingerprint density at radius 2 is 1.63 bits per heavy atom. The summed E-state index contributed by atoms with van der Waals surface area (Å²) in [5.41, 5.74) is 4.81. The summed E-state index contributed by atoms with van der Waals surface area (Å²) in [5.74, 6) is 0.0439. The first-order valence-corrected chi connectivity index (χ1v) is 12.5. The van der Waals surface area contributed by atoms with Gasteiger partial charge < -0.3 is 14.8 Å². The topological polar surface area (TPSA) is 57.6 Å². The number of hydrogen-bond donors (Lipinski definition) is 1. The smallest absolute Gasteiger partial charge is 0.271 e. The molecule has 0 bridgehead atoms. The van der Waals surface area contributed by atoms with Gasteiger partial charge in [-0.1, -0.05) is 54.1 Å². The number of aromatic nitrogens is 1. The standard InChI is InChI=1S/C28H33ClN4O2/c1-20(2)30-25(34)19-31-13-15-32(16-14-31)28(35)27-26(23-9-11-24(29)12-10-23)21(3)17-33(27)18-22-7-5-4-6-8-22/h4-12,17,20H,13-16,18-19H2,1-3H3,(H,30,34). The van der Waals surface area contributed by atoms with Crippen LogP contribution in [0.2, 0.25) is 5.02 Å². The van der Waals surface area contributed by atoms with Gasteiger partial charge in [-0.3, -0.25) is 14.5 Å². The van der Waals surface area contributed by atoms with Crippen molar-refractivity contribution in [2.45, 2.75) is 33.4 Å². The molecule has 6 nitrogen and oxygen atoms in total. The molecule has 2 amide bonds. The Morgan fingerprint density at radius 1 is 0.971 bits per heavy atom. The monoisotopic (exact) mass is 492 g/mol. The fraction of sp³-hybridized carbons (Fsp3) is 0.357. The van der Waals surface area contributed by atoms with Crippen LogP contribution in [0, 0.1) is 6.92 Å². The van der Waals surface area contributed by atoms with E-state index in [2.05, 4.69) is 33.1 Å². The zero-order valence-corrected chi connectivity index (χ0v) is 21.4. The first-order chi connectivity index (χ1) is 16.8. The molecule has 1 N–H and O–H groups in total. The summed E-state index contributed by atoms with van der Waals surface area (Å²) in [5, 5.41) is 3.61. The largest absolute Gasteiger partial charge is 0.353 e. The van der Waals surface area contributed by atoms with E-state index >= 15 is 0 Å². The predicted octanol–water partition coefficient (Wildman–Crippen LogP) is 4.45. The van der Waals surface area contributed by atoms with Crippen molar-refractivity contribution in [1.82, 2.24) is 19.7 Å². The fourth-order valence-electron chi connectivity index (χ4n) is 4.64. The van der Waals surface area contributed by atoms with Gasteiger partial charge in [0.25, 0.3) is 5.91 Å². The maximum Gasteiger partial charge on any atom is 0.271 e. The molecule has 0 unspecified atom stereocenters. The molecule has 0 atom stereocenters. The molecule has 1 saturated heterocycles. The number of halogens is 1. The number of rotatable bonds is 7. The molecule has 2 aromatic carbocycles. The first kappa shape index (κ1) is 25.0. The van der Waals surface area contributed by atoms with Gasteiger partial charge in [-0.25, -0.2) is 0 Å².